The standard InChI is InChI=1S/C14H14F4N2O/c15-11-5-9(4-10(6-11)14(16,17)18)13(7-19)20-8-12-2-1-3-21-12/h4-6,12-13,20H,1-3,8H2. The Morgan fingerprint density at radius 1 is 1.38 bits per heavy atom. The third-order valence-corrected chi connectivity index (χ3v) is 3.28. The fourth-order valence-corrected chi connectivity index (χ4v) is 2.24. The molecule has 0 aliphatic carbocycles. The molecule has 1 N–H and O–H groups in total. The van der Waals surface area contributed by atoms with Gasteiger partial charge in [-0.3, -0.25) is 5.32 Å². The molecule has 3 nitrogen and oxygen atoms in total. The van der Waals surface area contributed by atoms with Crippen LogP contribution in [0.5, 0.6) is 0 Å². The van der Waals surface area contributed by atoms with Gasteiger partial charge < -0.3 is 4.74 Å². The molecule has 0 aromatic heterocycles. The van der Waals surface area contributed by atoms with Gasteiger partial charge in [-0.05, 0) is 36.6 Å². The van der Waals surface area contributed by atoms with Crippen molar-refractivity contribution in [1.82, 2.24) is 5.32 Å². The van der Waals surface area contributed by atoms with Crippen molar-refractivity contribution in [3.63, 3.8) is 0 Å². The average molecular weight is 302 g/mol. The molecule has 1 aliphatic heterocycles. The zero-order valence-electron chi connectivity index (χ0n) is 11.1. The normalized spacial score (nSPS) is 20.2. The third kappa shape index (κ3) is 4.16. The van der Waals surface area contributed by atoms with Gasteiger partial charge in [0.05, 0.1) is 17.7 Å². The predicted octanol–water partition coefficient (Wildman–Crippen LogP) is 3.18. The summed E-state index contributed by atoms with van der Waals surface area (Å²) in [4.78, 5) is 0. The fourth-order valence-electron chi connectivity index (χ4n) is 2.24. The van der Waals surface area contributed by atoms with Crippen molar-refractivity contribution in [2.75, 3.05) is 13.2 Å². The van der Waals surface area contributed by atoms with Crippen LogP contribution < -0.4 is 5.32 Å². The molecular formula is C14H14F4N2O. The maximum absolute atomic E-state index is 13.3. The second kappa shape index (κ2) is 6.41. The zero-order chi connectivity index (χ0) is 15.5. The number of hydrogen-bond acceptors (Lipinski definition) is 3. The van der Waals surface area contributed by atoms with Gasteiger partial charge >= 0.3 is 6.18 Å². The van der Waals surface area contributed by atoms with Crippen LogP contribution in [0.3, 0.4) is 0 Å². The number of nitrogens with one attached hydrogen (secondary N) is 1. The first-order valence-electron chi connectivity index (χ1n) is 6.52. The molecule has 2 rings (SSSR count). The lowest BCUT2D eigenvalue weighted by Gasteiger charge is -2.17. The molecule has 1 heterocycles. The summed E-state index contributed by atoms with van der Waals surface area (Å²) < 4.78 is 56.7. The number of nitriles is 1. The molecule has 0 bridgehead atoms. The highest BCUT2D eigenvalue weighted by Crippen LogP contribution is 2.31. The Morgan fingerprint density at radius 3 is 2.71 bits per heavy atom. The summed E-state index contributed by atoms with van der Waals surface area (Å²) in [6, 6.07) is 2.98. The number of benzene rings is 1. The van der Waals surface area contributed by atoms with E-state index in [1.807, 2.05) is 6.07 Å². The minimum atomic E-state index is -4.65. The highest BCUT2D eigenvalue weighted by Gasteiger charge is 2.32. The van der Waals surface area contributed by atoms with Gasteiger partial charge in [0.1, 0.15) is 11.9 Å². The van der Waals surface area contributed by atoms with Gasteiger partial charge in [-0.2, -0.15) is 18.4 Å². The molecule has 1 aromatic carbocycles. The molecule has 2 unspecified atom stereocenters. The number of ether oxygens (including phenoxy) is 1. The molecule has 1 saturated heterocycles. The van der Waals surface area contributed by atoms with Crippen LogP contribution in [0.25, 0.3) is 0 Å². The van der Waals surface area contributed by atoms with Crippen LogP contribution in [0.4, 0.5) is 17.6 Å². The third-order valence-electron chi connectivity index (χ3n) is 3.28. The van der Waals surface area contributed by atoms with E-state index in [0.29, 0.717) is 19.2 Å². The molecule has 2 atom stereocenters. The monoisotopic (exact) mass is 302 g/mol. The van der Waals surface area contributed by atoms with E-state index < -0.39 is 23.6 Å². The highest BCUT2D eigenvalue weighted by atomic mass is 19.4. The van der Waals surface area contributed by atoms with Crippen LogP contribution in [-0.2, 0) is 10.9 Å². The number of halogens is 4. The van der Waals surface area contributed by atoms with E-state index in [1.54, 1.807) is 0 Å². The molecule has 21 heavy (non-hydrogen) atoms. The van der Waals surface area contributed by atoms with Gasteiger partial charge in [-0.25, -0.2) is 4.39 Å². The van der Waals surface area contributed by atoms with Crippen molar-refractivity contribution in [2.24, 2.45) is 0 Å². The maximum Gasteiger partial charge on any atom is 0.416 e. The van der Waals surface area contributed by atoms with Gasteiger partial charge in [-0.1, -0.05) is 0 Å². The lowest BCUT2D eigenvalue weighted by Crippen LogP contribution is -2.29. The van der Waals surface area contributed by atoms with Crippen LogP contribution >= 0.6 is 0 Å². The van der Waals surface area contributed by atoms with Gasteiger partial charge in [0.25, 0.3) is 0 Å². The van der Waals surface area contributed by atoms with Crippen LogP contribution in [0, 0.1) is 17.1 Å². The van der Waals surface area contributed by atoms with Crippen molar-refractivity contribution in [2.45, 2.75) is 31.2 Å². The van der Waals surface area contributed by atoms with E-state index in [-0.39, 0.29) is 11.7 Å². The topological polar surface area (TPSA) is 45.0 Å². The molecule has 0 spiro atoms. The lowest BCUT2D eigenvalue weighted by molar-refractivity contribution is -0.137. The molecule has 0 amide bonds. The van der Waals surface area contributed by atoms with Crippen LogP contribution in [0.2, 0.25) is 0 Å². The van der Waals surface area contributed by atoms with E-state index in [2.05, 4.69) is 5.32 Å². The summed E-state index contributed by atoms with van der Waals surface area (Å²) in [5, 5.41) is 11.9. The Labute approximate surface area is 119 Å². The summed E-state index contributed by atoms with van der Waals surface area (Å²) in [5.41, 5.74) is -1.14. The second-order valence-corrected chi connectivity index (χ2v) is 4.88. The lowest BCUT2D eigenvalue weighted by atomic mass is 10.0. The highest BCUT2D eigenvalue weighted by molar-refractivity contribution is 5.31. The number of alkyl halides is 3. The Morgan fingerprint density at radius 2 is 2.14 bits per heavy atom. The SMILES string of the molecule is N#CC(NCC1CCCO1)c1cc(F)cc(C(F)(F)F)c1. The smallest absolute Gasteiger partial charge is 0.377 e. The summed E-state index contributed by atoms with van der Waals surface area (Å²) >= 11 is 0. The number of hydrogen-bond donors (Lipinski definition) is 1. The molecule has 7 heteroatoms. The van der Waals surface area contributed by atoms with Crippen LogP contribution in [0.1, 0.15) is 30.0 Å². The first-order chi connectivity index (χ1) is 9.90. The van der Waals surface area contributed by atoms with Crippen LogP contribution in [0.15, 0.2) is 18.2 Å². The zero-order valence-corrected chi connectivity index (χ0v) is 11.1. The molecule has 0 saturated carbocycles. The summed E-state index contributed by atoms with van der Waals surface area (Å²) in [6.45, 7) is 0.984. The van der Waals surface area contributed by atoms with Crippen molar-refractivity contribution in [3.05, 3.63) is 35.1 Å². The van der Waals surface area contributed by atoms with Crippen molar-refractivity contribution < 1.29 is 22.3 Å². The van der Waals surface area contributed by atoms with Gasteiger partial charge in [0, 0.05) is 13.2 Å². The molecule has 114 valence electrons. The van der Waals surface area contributed by atoms with Gasteiger partial charge in [-0.15, -0.1) is 0 Å². The van der Waals surface area contributed by atoms with Crippen molar-refractivity contribution >= 4 is 0 Å². The van der Waals surface area contributed by atoms with Gasteiger partial charge in [0.2, 0.25) is 0 Å². The number of nitrogens with zero attached hydrogens (tertiary/aromatic N) is 1. The summed E-state index contributed by atoms with van der Waals surface area (Å²) in [7, 11) is 0. The Bertz CT molecular complexity index is 533. The molecule has 0 radical (unpaired) electrons. The summed E-state index contributed by atoms with van der Waals surface area (Å²) in [6.07, 6.45) is -2.95. The average Bonchev–Trinajstić information content (AvgIpc) is 2.91. The Kier molecular flexibility index (Phi) is 4.80. The predicted molar refractivity (Wildman–Crippen MR) is 66.7 cm³/mol. The van der Waals surface area contributed by atoms with E-state index in [0.717, 1.165) is 25.0 Å². The van der Waals surface area contributed by atoms with E-state index in [1.165, 1.54) is 0 Å². The summed E-state index contributed by atoms with van der Waals surface area (Å²) in [5.74, 6) is -1.01. The fraction of sp³-hybridized carbons (Fsp3) is 0.500. The van der Waals surface area contributed by atoms with Crippen molar-refractivity contribution in [3.8, 4) is 6.07 Å². The molecule has 1 fully saturated rings. The Balaban J connectivity index is 2.13. The quantitative estimate of drug-likeness (QED) is 0.869. The molecule has 1 aromatic rings. The Hall–Kier alpha value is -1.65. The molecule has 1 aliphatic rings. The minimum absolute atomic E-state index is 0.0391. The first kappa shape index (κ1) is 15.7. The first-order valence-corrected chi connectivity index (χ1v) is 6.52. The van der Waals surface area contributed by atoms with Gasteiger partial charge in [0.15, 0.2) is 0 Å². The van der Waals surface area contributed by atoms with Crippen LogP contribution in [-0.4, -0.2) is 19.3 Å². The number of rotatable bonds is 4. The van der Waals surface area contributed by atoms with E-state index in [4.69, 9.17) is 10.00 Å². The maximum atomic E-state index is 13.3. The largest absolute Gasteiger partial charge is 0.416 e. The van der Waals surface area contributed by atoms with E-state index in [9.17, 15) is 17.6 Å². The van der Waals surface area contributed by atoms with Crippen molar-refractivity contribution in [1.29, 1.82) is 5.26 Å². The second-order valence-electron chi connectivity index (χ2n) is 4.88. The van der Waals surface area contributed by atoms with E-state index >= 15 is 0 Å². The molecular weight excluding hydrogens is 288 g/mol. The minimum Gasteiger partial charge on any atom is -0.377 e.